The van der Waals surface area contributed by atoms with Gasteiger partial charge in [0, 0.05) is 45.7 Å². The second-order valence-corrected chi connectivity index (χ2v) is 8.07. The van der Waals surface area contributed by atoms with E-state index in [0.29, 0.717) is 19.4 Å². The Morgan fingerprint density at radius 3 is 2.60 bits per heavy atom. The van der Waals surface area contributed by atoms with Gasteiger partial charge in [-0.3, -0.25) is 4.79 Å². The van der Waals surface area contributed by atoms with Crippen LogP contribution < -0.4 is 5.32 Å². The Balaban J connectivity index is 0.00000312. The van der Waals surface area contributed by atoms with E-state index in [0.717, 1.165) is 25.2 Å². The van der Waals surface area contributed by atoms with Crippen LogP contribution in [0.5, 0.6) is 0 Å². The maximum absolute atomic E-state index is 12.9. The van der Waals surface area contributed by atoms with Crippen molar-refractivity contribution >= 4 is 28.3 Å². The molecule has 0 spiro atoms. The second kappa shape index (κ2) is 9.47. The molecule has 6 nitrogen and oxygen atoms in total. The molecule has 1 atom stereocenters. The van der Waals surface area contributed by atoms with Gasteiger partial charge in [-0.15, -0.1) is 12.4 Å². The molecule has 1 unspecified atom stereocenters. The molecule has 0 aliphatic carbocycles. The zero-order chi connectivity index (χ0) is 17.7. The first-order valence-electron chi connectivity index (χ1n) is 8.04. The number of piperazine rings is 1. The summed E-state index contributed by atoms with van der Waals surface area (Å²) in [6.07, 6.45) is 0.764. The number of hydrogen-bond acceptors (Lipinski definition) is 4. The molecule has 25 heavy (non-hydrogen) atoms. The fourth-order valence-corrected chi connectivity index (χ4v) is 3.92. The normalized spacial score (nSPS) is 18.1. The van der Waals surface area contributed by atoms with Crippen LogP contribution in [0.4, 0.5) is 4.39 Å². The number of sulfonamides is 1. The number of amides is 1. The molecule has 0 saturated carbocycles. The van der Waals surface area contributed by atoms with Crippen LogP contribution in [-0.2, 0) is 14.8 Å². The van der Waals surface area contributed by atoms with Gasteiger partial charge in [-0.25, -0.2) is 17.1 Å². The molecule has 0 aromatic heterocycles. The number of nitrogens with one attached hydrogen (secondary N) is 1. The molecule has 1 N–H and O–H groups in total. The average Bonchev–Trinajstić information content (AvgIpc) is 2.55. The first kappa shape index (κ1) is 21.8. The Morgan fingerprint density at radius 2 is 2.00 bits per heavy atom. The number of benzene rings is 1. The highest BCUT2D eigenvalue weighted by molar-refractivity contribution is 7.89. The van der Waals surface area contributed by atoms with Gasteiger partial charge < -0.3 is 10.2 Å². The molecule has 1 aromatic rings. The Hall–Kier alpha value is -1.22. The summed E-state index contributed by atoms with van der Waals surface area (Å²) in [6, 6.07) is 4.89. The van der Waals surface area contributed by atoms with Gasteiger partial charge in [0.15, 0.2) is 0 Å². The van der Waals surface area contributed by atoms with Crippen LogP contribution >= 0.6 is 12.4 Å². The van der Waals surface area contributed by atoms with Crippen molar-refractivity contribution in [1.29, 1.82) is 0 Å². The molecule has 0 radical (unpaired) electrons. The minimum atomic E-state index is -3.66. The summed E-state index contributed by atoms with van der Waals surface area (Å²) in [5.41, 5.74) is 0. The highest BCUT2D eigenvalue weighted by Gasteiger charge is 2.24. The number of carbonyl (C=O) groups excluding carboxylic acids is 1. The van der Waals surface area contributed by atoms with Crippen molar-refractivity contribution < 1.29 is 17.6 Å². The van der Waals surface area contributed by atoms with Crippen molar-refractivity contribution in [2.75, 3.05) is 33.2 Å². The van der Waals surface area contributed by atoms with E-state index >= 15 is 0 Å². The van der Waals surface area contributed by atoms with Gasteiger partial charge >= 0.3 is 0 Å². The zero-order valence-corrected chi connectivity index (χ0v) is 16.1. The average molecular weight is 394 g/mol. The number of hydrogen-bond donors (Lipinski definition) is 1. The molecule has 1 amide bonds. The summed E-state index contributed by atoms with van der Waals surface area (Å²) >= 11 is 0. The second-order valence-electron chi connectivity index (χ2n) is 6.02. The van der Waals surface area contributed by atoms with Crippen LogP contribution in [0.2, 0.25) is 0 Å². The van der Waals surface area contributed by atoms with E-state index < -0.39 is 15.8 Å². The lowest BCUT2D eigenvalue weighted by molar-refractivity contribution is -0.134. The lowest BCUT2D eigenvalue weighted by atomic mass is 10.2. The topological polar surface area (TPSA) is 69.7 Å². The maximum Gasteiger partial charge on any atom is 0.242 e. The van der Waals surface area contributed by atoms with E-state index in [-0.39, 0.29) is 35.8 Å². The van der Waals surface area contributed by atoms with E-state index in [9.17, 15) is 17.6 Å². The molecule has 9 heteroatoms. The number of rotatable bonds is 6. The summed E-state index contributed by atoms with van der Waals surface area (Å²) < 4.78 is 38.9. The zero-order valence-electron chi connectivity index (χ0n) is 14.4. The Morgan fingerprint density at radius 1 is 1.36 bits per heavy atom. The highest BCUT2D eigenvalue weighted by atomic mass is 35.5. The van der Waals surface area contributed by atoms with Crippen molar-refractivity contribution in [3.63, 3.8) is 0 Å². The standard InChI is InChI=1S/C16H24FN3O3S.ClH/c1-13-12-18-9-11-20(13)16(21)4-3-10-19(2)24(22,23)15-7-5-14(17)6-8-15;/h5-8,13,18H,3-4,9-12H2,1-2H3;1H. The summed E-state index contributed by atoms with van der Waals surface area (Å²) in [7, 11) is -2.19. The Labute approximate surface area is 154 Å². The Kier molecular flexibility index (Phi) is 8.27. The van der Waals surface area contributed by atoms with Crippen molar-refractivity contribution in [1.82, 2.24) is 14.5 Å². The quantitative estimate of drug-likeness (QED) is 0.794. The van der Waals surface area contributed by atoms with E-state index in [4.69, 9.17) is 0 Å². The maximum atomic E-state index is 12.9. The van der Waals surface area contributed by atoms with E-state index in [1.165, 1.54) is 23.5 Å². The third-order valence-corrected chi connectivity index (χ3v) is 6.08. The summed E-state index contributed by atoms with van der Waals surface area (Å²) in [5.74, 6) is -0.427. The molecule has 1 aliphatic rings. The van der Waals surface area contributed by atoms with Crippen LogP contribution in [0.25, 0.3) is 0 Å². The van der Waals surface area contributed by atoms with Crippen molar-refractivity contribution in [3.05, 3.63) is 30.1 Å². The lowest BCUT2D eigenvalue weighted by Crippen LogP contribution is -2.52. The van der Waals surface area contributed by atoms with Crippen LogP contribution in [0.1, 0.15) is 19.8 Å². The van der Waals surface area contributed by atoms with Gasteiger partial charge in [-0.05, 0) is 37.6 Å². The van der Waals surface area contributed by atoms with Crippen molar-refractivity contribution in [2.45, 2.75) is 30.7 Å². The van der Waals surface area contributed by atoms with Gasteiger partial charge in [0.2, 0.25) is 15.9 Å². The van der Waals surface area contributed by atoms with E-state index in [1.807, 2.05) is 11.8 Å². The third-order valence-electron chi connectivity index (χ3n) is 4.21. The minimum Gasteiger partial charge on any atom is -0.337 e. The SMILES string of the molecule is CC1CNCCN1C(=O)CCCN(C)S(=O)(=O)c1ccc(F)cc1.Cl. The molecule has 1 aromatic carbocycles. The lowest BCUT2D eigenvalue weighted by Gasteiger charge is -2.34. The summed E-state index contributed by atoms with van der Waals surface area (Å²) in [4.78, 5) is 14.1. The first-order valence-corrected chi connectivity index (χ1v) is 9.48. The minimum absolute atomic E-state index is 0. The van der Waals surface area contributed by atoms with Crippen LogP contribution in [-0.4, -0.2) is 62.8 Å². The van der Waals surface area contributed by atoms with Gasteiger partial charge in [-0.2, -0.15) is 0 Å². The van der Waals surface area contributed by atoms with Crippen LogP contribution in [0.3, 0.4) is 0 Å². The molecule has 0 bridgehead atoms. The number of carbonyl (C=O) groups is 1. The van der Waals surface area contributed by atoms with E-state index in [2.05, 4.69) is 5.32 Å². The van der Waals surface area contributed by atoms with Gasteiger partial charge in [0.1, 0.15) is 5.82 Å². The fraction of sp³-hybridized carbons (Fsp3) is 0.562. The monoisotopic (exact) mass is 393 g/mol. The summed E-state index contributed by atoms with van der Waals surface area (Å²) in [5, 5.41) is 3.23. The number of nitrogens with zero attached hydrogens (tertiary/aromatic N) is 2. The van der Waals surface area contributed by atoms with Gasteiger partial charge in [-0.1, -0.05) is 0 Å². The van der Waals surface area contributed by atoms with Gasteiger partial charge in [0.25, 0.3) is 0 Å². The molecular formula is C16H25ClFN3O3S. The van der Waals surface area contributed by atoms with Crippen LogP contribution in [0.15, 0.2) is 29.2 Å². The molecule has 1 heterocycles. The molecule has 2 rings (SSSR count). The predicted molar refractivity (Wildman–Crippen MR) is 96.7 cm³/mol. The van der Waals surface area contributed by atoms with E-state index in [1.54, 1.807) is 0 Å². The fourth-order valence-electron chi connectivity index (χ4n) is 2.71. The molecule has 1 fully saturated rings. The molecule has 1 saturated heterocycles. The molecule has 142 valence electrons. The number of halogens is 2. The predicted octanol–water partition coefficient (Wildman–Crippen LogP) is 1.47. The molecular weight excluding hydrogens is 369 g/mol. The summed E-state index contributed by atoms with van der Waals surface area (Å²) in [6.45, 7) is 4.49. The smallest absolute Gasteiger partial charge is 0.242 e. The highest BCUT2D eigenvalue weighted by Crippen LogP contribution is 2.15. The first-order chi connectivity index (χ1) is 11.3. The van der Waals surface area contributed by atoms with Crippen molar-refractivity contribution in [2.24, 2.45) is 0 Å². The molecule has 1 aliphatic heterocycles. The van der Waals surface area contributed by atoms with Crippen LogP contribution in [0, 0.1) is 5.82 Å². The Bertz CT molecular complexity index is 670. The van der Waals surface area contributed by atoms with Crippen molar-refractivity contribution in [3.8, 4) is 0 Å². The third kappa shape index (κ3) is 5.64. The largest absolute Gasteiger partial charge is 0.337 e. The van der Waals surface area contributed by atoms with Gasteiger partial charge in [0.05, 0.1) is 4.90 Å².